The third kappa shape index (κ3) is 3.76. The summed E-state index contributed by atoms with van der Waals surface area (Å²) in [6.07, 6.45) is 6.86. The van der Waals surface area contributed by atoms with Gasteiger partial charge in [-0.05, 0) is 23.8 Å². The van der Waals surface area contributed by atoms with E-state index in [1.807, 2.05) is 24.3 Å². The van der Waals surface area contributed by atoms with Gasteiger partial charge >= 0.3 is 0 Å². The molecule has 136 valence electrons. The first kappa shape index (κ1) is 16.7. The second-order valence-electron chi connectivity index (χ2n) is 5.89. The quantitative estimate of drug-likeness (QED) is 0.554. The highest BCUT2D eigenvalue weighted by molar-refractivity contribution is 5.92. The number of carbonyl (C=O) groups excluding carboxylic acids is 1. The van der Waals surface area contributed by atoms with E-state index in [9.17, 15) is 4.79 Å². The number of imidazole rings is 1. The van der Waals surface area contributed by atoms with Gasteiger partial charge in [-0.25, -0.2) is 14.6 Å². The lowest BCUT2D eigenvalue weighted by atomic mass is 10.2. The van der Waals surface area contributed by atoms with Gasteiger partial charge < -0.3 is 10.1 Å². The largest absolute Gasteiger partial charge is 0.497 e. The van der Waals surface area contributed by atoms with Gasteiger partial charge in [0.2, 0.25) is 5.78 Å². The van der Waals surface area contributed by atoms with E-state index in [2.05, 4.69) is 25.6 Å². The van der Waals surface area contributed by atoms with Gasteiger partial charge in [-0.2, -0.15) is 0 Å². The summed E-state index contributed by atoms with van der Waals surface area (Å²) in [5, 5.41) is 11.0. The van der Waals surface area contributed by atoms with E-state index in [4.69, 9.17) is 4.74 Å². The molecule has 0 fully saturated rings. The molecule has 0 aliphatic heterocycles. The molecule has 0 spiro atoms. The van der Waals surface area contributed by atoms with E-state index >= 15 is 0 Å². The van der Waals surface area contributed by atoms with Gasteiger partial charge in [-0.15, -0.1) is 5.10 Å². The summed E-state index contributed by atoms with van der Waals surface area (Å²) in [7, 11) is 1.63. The van der Waals surface area contributed by atoms with Crippen LogP contribution in [0.4, 0.5) is 0 Å². The van der Waals surface area contributed by atoms with Crippen LogP contribution >= 0.6 is 0 Å². The lowest BCUT2D eigenvalue weighted by Crippen LogP contribution is -2.23. The topological polar surface area (TPSA) is 99.2 Å². The Labute approximate surface area is 154 Å². The number of nitrogens with zero attached hydrogens (tertiary/aromatic N) is 6. The average molecular weight is 363 g/mol. The molecule has 0 bridgehead atoms. The van der Waals surface area contributed by atoms with Crippen molar-refractivity contribution in [3.63, 3.8) is 0 Å². The first-order valence-electron chi connectivity index (χ1n) is 8.31. The Morgan fingerprint density at radius 1 is 1.22 bits per heavy atom. The lowest BCUT2D eigenvalue weighted by molar-refractivity contribution is 0.0946. The molecule has 27 heavy (non-hydrogen) atoms. The third-order valence-electron chi connectivity index (χ3n) is 3.99. The number of aromatic nitrogens is 6. The van der Waals surface area contributed by atoms with Crippen LogP contribution in [0.5, 0.6) is 5.75 Å². The predicted octanol–water partition coefficient (Wildman–Crippen LogP) is 1.31. The van der Waals surface area contributed by atoms with E-state index in [1.54, 1.807) is 47.0 Å². The van der Waals surface area contributed by atoms with Crippen LogP contribution in [0.3, 0.4) is 0 Å². The zero-order valence-corrected chi connectivity index (χ0v) is 14.6. The zero-order chi connectivity index (χ0) is 18.6. The van der Waals surface area contributed by atoms with Gasteiger partial charge in [0.25, 0.3) is 5.91 Å². The number of benzene rings is 1. The average Bonchev–Trinajstić information content (AvgIpc) is 3.33. The van der Waals surface area contributed by atoms with Crippen LogP contribution in [-0.2, 0) is 13.1 Å². The van der Waals surface area contributed by atoms with Crippen LogP contribution in [0.1, 0.15) is 21.7 Å². The number of ether oxygens (including phenoxy) is 1. The number of rotatable bonds is 6. The van der Waals surface area contributed by atoms with Crippen molar-refractivity contribution in [2.45, 2.75) is 13.1 Å². The molecule has 0 saturated heterocycles. The van der Waals surface area contributed by atoms with E-state index in [0.29, 0.717) is 23.7 Å². The molecular formula is C18H17N7O2. The highest BCUT2D eigenvalue weighted by atomic mass is 16.5. The molecule has 9 heteroatoms. The molecule has 3 heterocycles. The van der Waals surface area contributed by atoms with Gasteiger partial charge in [0.1, 0.15) is 17.1 Å². The van der Waals surface area contributed by atoms with E-state index < -0.39 is 0 Å². The number of hydrogen-bond donors (Lipinski definition) is 1. The molecule has 0 atom stereocenters. The van der Waals surface area contributed by atoms with Crippen LogP contribution in [0.25, 0.3) is 5.78 Å². The number of nitrogens with one attached hydrogen (secondary N) is 1. The number of fused-ring (bicyclic) bond motifs is 1. The summed E-state index contributed by atoms with van der Waals surface area (Å²) in [4.78, 5) is 20.5. The van der Waals surface area contributed by atoms with Crippen LogP contribution in [0, 0.1) is 0 Å². The van der Waals surface area contributed by atoms with E-state index in [0.717, 1.165) is 11.3 Å². The fraction of sp³-hybridized carbons (Fsp3) is 0.167. The van der Waals surface area contributed by atoms with Gasteiger partial charge in [-0.1, -0.05) is 17.3 Å². The normalized spacial score (nSPS) is 10.9. The summed E-state index contributed by atoms with van der Waals surface area (Å²) >= 11 is 0. The molecule has 1 N–H and O–H groups in total. The van der Waals surface area contributed by atoms with Crippen molar-refractivity contribution in [1.29, 1.82) is 0 Å². The van der Waals surface area contributed by atoms with Crippen molar-refractivity contribution >= 4 is 11.7 Å². The molecule has 1 amide bonds. The number of hydrogen-bond acceptors (Lipinski definition) is 6. The Morgan fingerprint density at radius 3 is 2.85 bits per heavy atom. The standard InChI is InChI=1S/C18H17N7O2/c1-27-15-5-3-13(4-6-15)10-25-11-14(22-23-25)9-20-17(26)16-12-24-8-2-7-19-18(24)21-16/h2-8,11-12H,9-10H2,1H3,(H,20,26). The van der Waals surface area contributed by atoms with Crippen molar-refractivity contribution in [2.75, 3.05) is 7.11 Å². The predicted molar refractivity (Wildman–Crippen MR) is 96.3 cm³/mol. The summed E-state index contributed by atoms with van der Waals surface area (Å²) in [6.45, 7) is 0.853. The molecule has 0 radical (unpaired) electrons. The molecule has 3 aromatic heterocycles. The Morgan fingerprint density at radius 2 is 2.07 bits per heavy atom. The summed E-state index contributed by atoms with van der Waals surface area (Å²) in [5.41, 5.74) is 2.05. The molecule has 0 saturated carbocycles. The Bertz CT molecular complexity index is 1040. The minimum atomic E-state index is -0.287. The van der Waals surface area contributed by atoms with Gasteiger partial charge in [0, 0.05) is 18.6 Å². The van der Waals surface area contributed by atoms with Crippen molar-refractivity contribution in [1.82, 2.24) is 34.7 Å². The minimum absolute atomic E-state index is 0.267. The van der Waals surface area contributed by atoms with Crippen LogP contribution in [0.2, 0.25) is 0 Å². The second kappa shape index (κ2) is 7.24. The maximum absolute atomic E-state index is 12.3. The minimum Gasteiger partial charge on any atom is -0.497 e. The molecular weight excluding hydrogens is 346 g/mol. The molecule has 4 rings (SSSR count). The fourth-order valence-electron chi connectivity index (χ4n) is 2.62. The number of amides is 1. The molecule has 4 aromatic rings. The summed E-state index contributed by atoms with van der Waals surface area (Å²) in [5.74, 6) is 1.00. The maximum Gasteiger partial charge on any atom is 0.271 e. The summed E-state index contributed by atoms with van der Waals surface area (Å²) < 4.78 is 8.56. The highest BCUT2D eigenvalue weighted by Crippen LogP contribution is 2.12. The van der Waals surface area contributed by atoms with Gasteiger partial charge in [0.15, 0.2) is 0 Å². The Kier molecular flexibility index (Phi) is 4.48. The molecule has 1 aromatic carbocycles. The first-order chi connectivity index (χ1) is 13.2. The van der Waals surface area contributed by atoms with Crippen molar-refractivity contribution in [3.8, 4) is 5.75 Å². The maximum atomic E-state index is 12.3. The van der Waals surface area contributed by atoms with Crippen molar-refractivity contribution in [2.24, 2.45) is 0 Å². The van der Waals surface area contributed by atoms with Crippen molar-refractivity contribution in [3.05, 3.63) is 72.1 Å². The molecule has 0 aliphatic rings. The Hall–Kier alpha value is -3.75. The molecule has 0 aliphatic carbocycles. The van der Waals surface area contributed by atoms with Crippen LogP contribution < -0.4 is 10.1 Å². The van der Waals surface area contributed by atoms with Crippen LogP contribution in [-0.4, -0.2) is 42.4 Å². The first-order valence-corrected chi connectivity index (χ1v) is 8.31. The number of carbonyl (C=O) groups is 1. The lowest BCUT2D eigenvalue weighted by Gasteiger charge is -2.03. The monoisotopic (exact) mass is 363 g/mol. The fourth-order valence-corrected chi connectivity index (χ4v) is 2.62. The second-order valence-corrected chi connectivity index (χ2v) is 5.89. The smallest absolute Gasteiger partial charge is 0.271 e. The van der Waals surface area contributed by atoms with Crippen molar-refractivity contribution < 1.29 is 9.53 Å². The van der Waals surface area contributed by atoms with Gasteiger partial charge in [-0.3, -0.25) is 9.20 Å². The highest BCUT2D eigenvalue weighted by Gasteiger charge is 2.12. The van der Waals surface area contributed by atoms with Gasteiger partial charge in [0.05, 0.1) is 26.4 Å². The third-order valence-corrected chi connectivity index (χ3v) is 3.99. The van der Waals surface area contributed by atoms with Crippen LogP contribution in [0.15, 0.2) is 55.1 Å². The number of methoxy groups -OCH3 is 1. The van der Waals surface area contributed by atoms with E-state index in [-0.39, 0.29) is 12.5 Å². The molecule has 9 nitrogen and oxygen atoms in total. The zero-order valence-electron chi connectivity index (χ0n) is 14.6. The Balaban J connectivity index is 1.36. The summed E-state index contributed by atoms with van der Waals surface area (Å²) in [6, 6.07) is 9.52. The molecule has 0 unspecified atom stereocenters. The SMILES string of the molecule is COc1ccc(Cn2cc(CNC(=O)c3cn4cccnc4n3)nn2)cc1. The van der Waals surface area contributed by atoms with E-state index in [1.165, 1.54) is 0 Å².